The Kier molecular flexibility index (Phi) is 8.04. The molecule has 3 aliphatic rings. The highest BCUT2D eigenvalue weighted by Crippen LogP contribution is 2.45. The second kappa shape index (κ2) is 12.0. The molecule has 0 N–H and O–H groups in total. The van der Waals surface area contributed by atoms with Gasteiger partial charge in [0.25, 0.3) is 0 Å². The molecule has 0 spiro atoms. The van der Waals surface area contributed by atoms with Crippen molar-refractivity contribution >= 4 is 11.9 Å². The quantitative estimate of drug-likeness (QED) is 0.204. The van der Waals surface area contributed by atoms with Crippen LogP contribution in [0, 0.1) is 5.92 Å². The number of ketones is 1. The molecule has 1 amide bonds. The highest BCUT2D eigenvalue weighted by atomic mass is 16.6. The summed E-state index contributed by atoms with van der Waals surface area (Å²) >= 11 is 0. The van der Waals surface area contributed by atoms with Crippen molar-refractivity contribution in [3.63, 3.8) is 0 Å². The van der Waals surface area contributed by atoms with E-state index in [1.54, 1.807) is 0 Å². The van der Waals surface area contributed by atoms with Gasteiger partial charge in [0.1, 0.15) is 6.61 Å². The van der Waals surface area contributed by atoms with Crippen molar-refractivity contribution in [2.24, 2.45) is 5.92 Å². The molecule has 6 rings (SSSR count). The van der Waals surface area contributed by atoms with Crippen LogP contribution < -0.4 is 0 Å². The van der Waals surface area contributed by atoms with E-state index in [1.165, 1.54) is 53.5 Å². The lowest BCUT2D eigenvalue weighted by Gasteiger charge is -2.47. The molecule has 4 heteroatoms. The van der Waals surface area contributed by atoms with Gasteiger partial charge < -0.3 is 9.64 Å². The van der Waals surface area contributed by atoms with Gasteiger partial charge >= 0.3 is 6.09 Å². The Balaban J connectivity index is 1.09. The van der Waals surface area contributed by atoms with E-state index in [-0.39, 0.29) is 35.8 Å². The number of unbranched alkanes of at least 4 members (excludes halogenated alkanes) is 3. The van der Waals surface area contributed by atoms with Crippen molar-refractivity contribution < 1.29 is 14.3 Å². The molecular formula is C36H41NO3. The molecule has 2 bridgehead atoms. The van der Waals surface area contributed by atoms with Crippen LogP contribution in [0.3, 0.4) is 0 Å². The highest BCUT2D eigenvalue weighted by Gasteiger charge is 2.44. The summed E-state index contributed by atoms with van der Waals surface area (Å²) in [6.07, 6.45) is 10.3. The van der Waals surface area contributed by atoms with Gasteiger partial charge in [0.15, 0.2) is 5.78 Å². The molecule has 208 valence electrons. The Hall–Kier alpha value is -3.40. The van der Waals surface area contributed by atoms with Crippen LogP contribution in [0.25, 0.3) is 11.1 Å². The minimum Gasteiger partial charge on any atom is -0.448 e. The van der Waals surface area contributed by atoms with E-state index in [2.05, 4.69) is 67.6 Å². The number of amides is 1. The number of carbonyl (C=O) groups is 2. The van der Waals surface area contributed by atoms with Gasteiger partial charge in [0.2, 0.25) is 0 Å². The molecule has 2 unspecified atom stereocenters. The molecule has 2 aliphatic heterocycles. The topological polar surface area (TPSA) is 46.6 Å². The summed E-state index contributed by atoms with van der Waals surface area (Å²) in [5, 5.41) is 0. The lowest BCUT2D eigenvalue weighted by Crippen LogP contribution is -2.55. The van der Waals surface area contributed by atoms with Crippen LogP contribution in [0.2, 0.25) is 0 Å². The number of nitrogens with zero attached hydrogens (tertiary/aromatic N) is 1. The SMILES string of the molecule is CCCCCCc1ccc(C(=O)C2CC3CCCC(C2)N3C(=O)OCC2c3ccccc3-c3ccccc32)cc1. The molecule has 2 saturated heterocycles. The van der Waals surface area contributed by atoms with E-state index < -0.39 is 0 Å². The highest BCUT2D eigenvalue weighted by molar-refractivity contribution is 5.98. The lowest BCUT2D eigenvalue weighted by atomic mass is 9.76. The van der Waals surface area contributed by atoms with Crippen LogP contribution in [-0.2, 0) is 11.2 Å². The summed E-state index contributed by atoms with van der Waals surface area (Å²) in [5.41, 5.74) is 7.06. The zero-order chi connectivity index (χ0) is 27.5. The lowest BCUT2D eigenvalue weighted by molar-refractivity contribution is 0.00651. The van der Waals surface area contributed by atoms with E-state index in [9.17, 15) is 9.59 Å². The van der Waals surface area contributed by atoms with E-state index in [4.69, 9.17) is 4.74 Å². The summed E-state index contributed by atoms with van der Waals surface area (Å²) in [4.78, 5) is 29.0. The molecule has 40 heavy (non-hydrogen) atoms. The van der Waals surface area contributed by atoms with Crippen molar-refractivity contribution in [3.8, 4) is 11.1 Å². The number of hydrogen-bond donors (Lipinski definition) is 0. The Bertz CT molecular complexity index is 1290. The molecule has 0 radical (unpaired) electrons. The normalized spacial score (nSPS) is 21.5. The van der Waals surface area contributed by atoms with Gasteiger partial charge in [-0.05, 0) is 72.8 Å². The molecule has 2 heterocycles. The smallest absolute Gasteiger partial charge is 0.410 e. The Morgan fingerprint density at radius 3 is 2.05 bits per heavy atom. The number of hydrogen-bond acceptors (Lipinski definition) is 3. The van der Waals surface area contributed by atoms with E-state index in [1.807, 2.05) is 17.0 Å². The maximum Gasteiger partial charge on any atom is 0.410 e. The molecule has 3 aromatic rings. The Morgan fingerprint density at radius 1 is 0.800 bits per heavy atom. The number of Topliss-reactive ketones (excluding diaryl/α,β-unsaturated/α-hetero) is 1. The first-order valence-corrected chi connectivity index (χ1v) is 15.4. The summed E-state index contributed by atoms with van der Waals surface area (Å²) < 4.78 is 6.06. The first kappa shape index (κ1) is 26.8. The van der Waals surface area contributed by atoms with E-state index >= 15 is 0 Å². The fourth-order valence-electron chi connectivity index (χ4n) is 7.39. The monoisotopic (exact) mass is 535 g/mol. The number of rotatable bonds is 9. The van der Waals surface area contributed by atoms with Gasteiger partial charge in [-0.25, -0.2) is 4.79 Å². The predicted octanol–water partition coefficient (Wildman–Crippen LogP) is 8.57. The van der Waals surface area contributed by atoms with Gasteiger partial charge in [-0.3, -0.25) is 4.79 Å². The van der Waals surface area contributed by atoms with E-state index in [0.717, 1.165) is 44.1 Å². The van der Waals surface area contributed by atoms with Crippen molar-refractivity contribution in [1.29, 1.82) is 0 Å². The number of benzene rings is 3. The summed E-state index contributed by atoms with van der Waals surface area (Å²) in [7, 11) is 0. The molecule has 0 saturated carbocycles. The van der Waals surface area contributed by atoms with Crippen LogP contribution in [-0.4, -0.2) is 35.5 Å². The first-order valence-electron chi connectivity index (χ1n) is 15.4. The molecule has 2 fully saturated rings. The minimum absolute atomic E-state index is 0.0247. The summed E-state index contributed by atoms with van der Waals surface area (Å²) in [6.45, 7) is 2.58. The van der Waals surface area contributed by atoms with Gasteiger partial charge in [0, 0.05) is 29.5 Å². The number of ether oxygens (including phenoxy) is 1. The Morgan fingerprint density at radius 2 is 1.43 bits per heavy atom. The molecule has 3 aromatic carbocycles. The average molecular weight is 536 g/mol. The predicted molar refractivity (Wildman–Crippen MR) is 160 cm³/mol. The summed E-state index contributed by atoms with van der Waals surface area (Å²) in [5.74, 6) is 0.273. The van der Waals surface area contributed by atoms with Crippen LogP contribution in [0.5, 0.6) is 0 Å². The molecule has 2 atom stereocenters. The van der Waals surface area contributed by atoms with Gasteiger partial charge in [-0.2, -0.15) is 0 Å². The third kappa shape index (κ3) is 5.33. The first-order chi connectivity index (χ1) is 19.6. The molecular weight excluding hydrogens is 494 g/mol. The standard InChI is InChI=1S/C36H41NO3/c1-2-3-4-5-11-25-18-20-26(21-19-25)35(38)27-22-28-12-10-13-29(23-27)37(28)36(39)40-24-34-32-16-8-6-14-30(32)31-15-7-9-17-33(31)34/h6-9,14-21,27-29,34H,2-5,10-13,22-24H2,1H3. The maximum absolute atomic E-state index is 13.5. The van der Waals surface area contributed by atoms with Gasteiger partial charge in [0.05, 0.1) is 0 Å². The van der Waals surface area contributed by atoms with Crippen LogP contribution in [0.4, 0.5) is 4.79 Å². The number of carbonyl (C=O) groups excluding carboxylic acids is 2. The molecule has 4 nitrogen and oxygen atoms in total. The van der Waals surface area contributed by atoms with Crippen molar-refractivity contribution in [3.05, 3.63) is 95.1 Å². The fourth-order valence-corrected chi connectivity index (χ4v) is 7.39. The number of aryl methyl sites for hydroxylation is 1. The van der Waals surface area contributed by atoms with Crippen molar-refractivity contribution in [1.82, 2.24) is 4.90 Å². The van der Waals surface area contributed by atoms with Crippen molar-refractivity contribution in [2.75, 3.05) is 6.61 Å². The zero-order valence-electron chi connectivity index (χ0n) is 23.7. The van der Waals surface area contributed by atoms with Crippen LogP contribution in [0.1, 0.15) is 97.7 Å². The zero-order valence-corrected chi connectivity index (χ0v) is 23.7. The summed E-state index contributed by atoms with van der Waals surface area (Å²) in [6, 6.07) is 25.3. The third-order valence-electron chi connectivity index (χ3n) is 9.45. The maximum atomic E-state index is 13.5. The molecule has 0 aromatic heterocycles. The van der Waals surface area contributed by atoms with E-state index in [0.29, 0.717) is 6.61 Å². The number of piperidine rings is 2. The van der Waals surface area contributed by atoms with Crippen LogP contribution in [0.15, 0.2) is 72.8 Å². The molecule has 1 aliphatic carbocycles. The Labute approximate surface area is 238 Å². The number of fused-ring (bicyclic) bond motifs is 5. The van der Waals surface area contributed by atoms with Crippen molar-refractivity contribution in [2.45, 2.75) is 89.1 Å². The second-order valence-corrected chi connectivity index (χ2v) is 12.0. The fraction of sp³-hybridized carbons (Fsp3) is 0.444. The second-order valence-electron chi connectivity index (χ2n) is 12.0. The minimum atomic E-state index is -0.213. The van der Waals surface area contributed by atoms with Gasteiger partial charge in [-0.15, -0.1) is 0 Å². The van der Waals surface area contributed by atoms with Gasteiger partial charge in [-0.1, -0.05) is 99.0 Å². The third-order valence-corrected chi connectivity index (χ3v) is 9.45. The largest absolute Gasteiger partial charge is 0.448 e. The average Bonchev–Trinajstić information content (AvgIpc) is 3.31. The van der Waals surface area contributed by atoms with Crippen LogP contribution >= 0.6 is 0 Å².